The van der Waals surface area contributed by atoms with Gasteiger partial charge in [-0.2, -0.15) is 0 Å². The molecule has 14 heavy (non-hydrogen) atoms. The Bertz CT molecular complexity index is 260. The van der Waals surface area contributed by atoms with Gasteiger partial charge in [-0.3, -0.25) is 9.59 Å². The molecule has 0 aromatic heterocycles. The van der Waals surface area contributed by atoms with Crippen LogP contribution in [-0.4, -0.2) is 24.6 Å². The van der Waals surface area contributed by atoms with Gasteiger partial charge in [0.15, 0.2) is 0 Å². The fraction of sp³-hybridized carbons (Fsp3) is 0.700. The summed E-state index contributed by atoms with van der Waals surface area (Å²) in [5.74, 6) is -2.93. The van der Waals surface area contributed by atoms with Crippen LogP contribution in [-0.2, 0) is 19.1 Å². The Kier molecular flexibility index (Phi) is 3.98. The highest BCUT2D eigenvalue weighted by molar-refractivity contribution is 6.38. The zero-order valence-corrected chi connectivity index (χ0v) is 9.21. The van der Waals surface area contributed by atoms with Crippen LogP contribution in [0.15, 0.2) is 0 Å². The number of hydrogen-bond donors (Lipinski definition) is 0. The molecule has 1 unspecified atom stereocenters. The maximum atomic E-state index is 11.6. The Morgan fingerprint density at radius 1 is 1.14 bits per heavy atom. The van der Waals surface area contributed by atoms with Gasteiger partial charge in [-0.05, 0) is 6.92 Å². The fourth-order valence-electron chi connectivity index (χ4n) is 1.05. The van der Waals surface area contributed by atoms with E-state index in [2.05, 4.69) is 4.74 Å². The second kappa shape index (κ2) is 4.35. The van der Waals surface area contributed by atoms with E-state index in [-0.39, 0.29) is 5.78 Å². The second-order valence-electron chi connectivity index (χ2n) is 4.19. The van der Waals surface area contributed by atoms with Gasteiger partial charge in [0.1, 0.15) is 5.78 Å². The van der Waals surface area contributed by atoms with Crippen molar-refractivity contribution in [2.75, 3.05) is 7.11 Å². The van der Waals surface area contributed by atoms with E-state index in [4.69, 9.17) is 0 Å². The lowest BCUT2D eigenvalue weighted by Gasteiger charge is -2.19. The van der Waals surface area contributed by atoms with Crippen LogP contribution in [0.25, 0.3) is 0 Å². The Balaban J connectivity index is 4.64. The van der Waals surface area contributed by atoms with Crippen LogP contribution in [0.4, 0.5) is 0 Å². The molecule has 0 amide bonds. The number of rotatable bonds is 3. The number of hydrogen-bond acceptors (Lipinski definition) is 4. The molecule has 80 valence electrons. The van der Waals surface area contributed by atoms with Gasteiger partial charge in [-0.1, -0.05) is 20.8 Å². The summed E-state index contributed by atoms with van der Waals surface area (Å²) in [5.41, 5.74) is -0.622. The Morgan fingerprint density at radius 2 is 1.57 bits per heavy atom. The first kappa shape index (κ1) is 12.8. The third kappa shape index (κ3) is 2.94. The maximum Gasteiger partial charge on any atom is 0.375 e. The maximum absolute atomic E-state index is 11.6. The van der Waals surface area contributed by atoms with E-state index in [1.165, 1.54) is 6.92 Å². The van der Waals surface area contributed by atoms with Crippen molar-refractivity contribution in [3.8, 4) is 0 Å². The van der Waals surface area contributed by atoms with Crippen LogP contribution < -0.4 is 0 Å². The van der Waals surface area contributed by atoms with E-state index >= 15 is 0 Å². The lowest BCUT2D eigenvalue weighted by molar-refractivity contribution is -0.155. The van der Waals surface area contributed by atoms with Crippen molar-refractivity contribution in [1.82, 2.24) is 0 Å². The van der Waals surface area contributed by atoms with Crippen molar-refractivity contribution in [2.24, 2.45) is 11.3 Å². The number of ether oxygens (including phenoxy) is 1. The summed E-state index contributed by atoms with van der Waals surface area (Å²) in [6.45, 7) is 6.54. The highest BCUT2D eigenvalue weighted by Crippen LogP contribution is 2.20. The van der Waals surface area contributed by atoms with Gasteiger partial charge in [0, 0.05) is 5.41 Å². The number of Topliss-reactive ketones (excluding diaryl/α,β-unsaturated/α-hetero) is 2. The minimum Gasteiger partial charge on any atom is -0.463 e. The standard InChI is InChI=1S/C10H16O4/c1-6(7(11)9(13)14-5)8(12)10(2,3)4/h6H,1-5H3. The van der Waals surface area contributed by atoms with Crippen molar-refractivity contribution < 1.29 is 19.1 Å². The number of carbonyl (C=O) groups is 3. The molecule has 0 aromatic rings. The summed E-state index contributed by atoms with van der Waals surface area (Å²) in [6, 6.07) is 0. The SMILES string of the molecule is COC(=O)C(=O)C(C)C(=O)C(C)(C)C. The van der Waals surface area contributed by atoms with Gasteiger partial charge in [0.2, 0.25) is 5.78 Å². The molecule has 0 radical (unpaired) electrons. The van der Waals surface area contributed by atoms with Gasteiger partial charge >= 0.3 is 5.97 Å². The average molecular weight is 200 g/mol. The summed E-state index contributed by atoms with van der Waals surface area (Å²) < 4.78 is 4.26. The Morgan fingerprint density at radius 3 is 1.86 bits per heavy atom. The molecule has 4 nitrogen and oxygen atoms in total. The van der Waals surface area contributed by atoms with Gasteiger partial charge in [0.05, 0.1) is 13.0 Å². The smallest absolute Gasteiger partial charge is 0.375 e. The molecule has 0 aliphatic rings. The quantitative estimate of drug-likeness (QED) is 0.387. The number of esters is 1. The second-order valence-corrected chi connectivity index (χ2v) is 4.19. The molecule has 0 rings (SSSR count). The van der Waals surface area contributed by atoms with Crippen LogP contribution >= 0.6 is 0 Å². The van der Waals surface area contributed by atoms with E-state index in [1.54, 1.807) is 20.8 Å². The summed E-state index contributed by atoms with van der Waals surface area (Å²) in [4.78, 5) is 33.7. The first-order valence-electron chi connectivity index (χ1n) is 4.38. The summed E-state index contributed by atoms with van der Waals surface area (Å²) in [7, 11) is 1.12. The Hall–Kier alpha value is -1.19. The first-order valence-corrected chi connectivity index (χ1v) is 4.38. The van der Waals surface area contributed by atoms with Crippen LogP contribution in [0.2, 0.25) is 0 Å². The summed E-state index contributed by atoms with van der Waals surface area (Å²) in [6.07, 6.45) is 0. The van der Waals surface area contributed by atoms with Crippen molar-refractivity contribution in [2.45, 2.75) is 27.7 Å². The van der Waals surface area contributed by atoms with Crippen LogP contribution in [0, 0.1) is 11.3 Å². The highest BCUT2D eigenvalue weighted by atomic mass is 16.5. The van der Waals surface area contributed by atoms with E-state index in [0.29, 0.717) is 0 Å². The molecule has 0 aliphatic carbocycles. The molecular formula is C10H16O4. The van der Waals surface area contributed by atoms with Crippen molar-refractivity contribution in [3.63, 3.8) is 0 Å². The third-order valence-corrected chi connectivity index (χ3v) is 1.91. The monoisotopic (exact) mass is 200 g/mol. The molecular weight excluding hydrogens is 184 g/mol. The van der Waals surface area contributed by atoms with Crippen molar-refractivity contribution >= 4 is 17.5 Å². The molecule has 0 spiro atoms. The van der Waals surface area contributed by atoms with Gasteiger partial charge in [-0.15, -0.1) is 0 Å². The lowest BCUT2D eigenvalue weighted by atomic mass is 9.82. The molecule has 1 atom stereocenters. The lowest BCUT2D eigenvalue weighted by Crippen LogP contribution is -2.35. The predicted molar refractivity (Wildman–Crippen MR) is 50.6 cm³/mol. The topological polar surface area (TPSA) is 60.4 Å². The minimum absolute atomic E-state index is 0.257. The average Bonchev–Trinajstić information content (AvgIpc) is 2.11. The van der Waals surface area contributed by atoms with Crippen molar-refractivity contribution in [1.29, 1.82) is 0 Å². The summed E-state index contributed by atoms with van der Waals surface area (Å²) >= 11 is 0. The molecule has 0 saturated heterocycles. The first-order chi connectivity index (χ1) is 6.21. The van der Waals surface area contributed by atoms with Gasteiger partial charge in [-0.25, -0.2) is 4.79 Å². The molecule has 0 N–H and O–H groups in total. The normalized spacial score (nSPS) is 13.2. The minimum atomic E-state index is -0.963. The molecule has 0 bridgehead atoms. The Labute approximate surface area is 83.6 Å². The zero-order chi connectivity index (χ0) is 11.5. The zero-order valence-electron chi connectivity index (χ0n) is 9.21. The predicted octanol–water partition coefficient (Wildman–Crippen LogP) is 0.980. The van der Waals surface area contributed by atoms with E-state index in [0.717, 1.165) is 7.11 Å². The fourth-order valence-corrected chi connectivity index (χ4v) is 1.05. The van der Waals surface area contributed by atoms with E-state index in [1.807, 2.05) is 0 Å². The van der Waals surface area contributed by atoms with E-state index < -0.39 is 23.1 Å². The van der Waals surface area contributed by atoms with Gasteiger partial charge < -0.3 is 4.74 Å². The molecule has 4 heteroatoms. The van der Waals surface area contributed by atoms with Crippen molar-refractivity contribution in [3.05, 3.63) is 0 Å². The highest BCUT2D eigenvalue weighted by Gasteiger charge is 2.34. The van der Waals surface area contributed by atoms with Crippen LogP contribution in [0.3, 0.4) is 0 Å². The third-order valence-electron chi connectivity index (χ3n) is 1.91. The summed E-state index contributed by atoms with van der Waals surface area (Å²) in [5, 5.41) is 0. The number of methoxy groups -OCH3 is 1. The molecule has 0 heterocycles. The number of ketones is 2. The van der Waals surface area contributed by atoms with Crippen LogP contribution in [0.1, 0.15) is 27.7 Å². The molecule has 0 aliphatic heterocycles. The van der Waals surface area contributed by atoms with E-state index in [9.17, 15) is 14.4 Å². The largest absolute Gasteiger partial charge is 0.463 e. The molecule has 0 fully saturated rings. The van der Waals surface area contributed by atoms with Gasteiger partial charge in [0.25, 0.3) is 0 Å². The molecule has 0 saturated carbocycles. The molecule has 0 aromatic carbocycles. The van der Waals surface area contributed by atoms with Crippen LogP contribution in [0.5, 0.6) is 0 Å². The number of carbonyl (C=O) groups excluding carboxylic acids is 3.